The molecule has 0 radical (unpaired) electrons. The van der Waals surface area contributed by atoms with Gasteiger partial charge in [-0.05, 0) is 49.7 Å². The molecule has 0 unspecified atom stereocenters. The van der Waals surface area contributed by atoms with Crippen molar-refractivity contribution in [3.8, 4) is 23.1 Å². The Morgan fingerprint density at radius 1 is 1.00 bits per heavy atom. The van der Waals surface area contributed by atoms with Crippen molar-refractivity contribution in [2.45, 2.75) is 39.3 Å². The lowest BCUT2D eigenvalue weighted by molar-refractivity contribution is 0.0100. The van der Waals surface area contributed by atoms with E-state index in [1.807, 2.05) is 66.2 Å². The Balaban J connectivity index is 1.87. The zero-order valence-electron chi connectivity index (χ0n) is 21.9. The summed E-state index contributed by atoms with van der Waals surface area (Å²) in [6.07, 6.45) is 1.45. The van der Waals surface area contributed by atoms with Gasteiger partial charge in [0, 0.05) is 33.4 Å². The molecule has 1 N–H and O–H groups in total. The molecule has 196 valence electrons. The topological polar surface area (TPSA) is 78.2 Å². The van der Waals surface area contributed by atoms with Gasteiger partial charge in [-0.3, -0.25) is 4.90 Å². The average Bonchev–Trinajstić information content (AvgIpc) is 3.20. The molecule has 0 spiro atoms. The number of nitrogens with zero attached hydrogens (tertiary/aromatic N) is 3. The summed E-state index contributed by atoms with van der Waals surface area (Å²) < 4.78 is 24.5. The van der Waals surface area contributed by atoms with Crippen LogP contribution < -0.4 is 9.47 Å². The van der Waals surface area contributed by atoms with E-state index in [-0.39, 0.29) is 0 Å². The standard InChI is InChI=1S/C28H39N3O5/c1-5-6-17-35-21-24(32)19-30(16-18-33-3)20-27-22(2)29-31(23-10-8-7-9-11-23)28(27)36-26-14-12-25(34-4)13-15-26/h7-15,24,32H,5-6,16-21H2,1-4H3/t24-/m0/s1. The van der Waals surface area contributed by atoms with E-state index >= 15 is 0 Å². The Morgan fingerprint density at radius 3 is 2.39 bits per heavy atom. The fraction of sp³-hybridized carbons (Fsp3) is 0.464. The SMILES string of the molecule is CCCCOC[C@@H](O)CN(CCOC)Cc1c(C)nn(-c2ccccc2)c1Oc1ccc(OC)cc1. The number of para-hydroxylation sites is 1. The van der Waals surface area contributed by atoms with Crippen molar-refractivity contribution in [2.24, 2.45) is 0 Å². The summed E-state index contributed by atoms with van der Waals surface area (Å²) in [5, 5.41) is 15.4. The number of methoxy groups -OCH3 is 2. The minimum Gasteiger partial charge on any atom is -0.497 e. The number of rotatable bonds is 16. The maximum Gasteiger partial charge on any atom is 0.227 e. The third kappa shape index (κ3) is 8.06. The Bertz CT molecular complexity index is 1020. The molecular formula is C28H39N3O5. The summed E-state index contributed by atoms with van der Waals surface area (Å²) >= 11 is 0. The number of hydrogen-bond donors (Lipinski definition) is 1. The molecular weight excluding hydrogens is 458 g/mol. The van der Waals surface area contributed by atoms with Gasteiger partial charge in [-0.1, -0.05) is 31.5 Å². The van der Waals surface area contributed by atoms with Crippen molar-refractivity contribution in [1.29, 1.82) is 0 Å². The Labute approximate surface area is 214 Å². The number of benzene rings is 2. The Hall–Kier alpha value is -2.91. The van der Waals surface area contributed by atoms with Gasteiger partial charge in [0.1, 0.15) is 11.5 Å². The van der Waals surface area contributed by atoms with Crippen molar-refractivity contribution in [2.75, 3.05) is 47.1 Å². The van der Waals surface area contributed by atoms with Crippen LogP contribution in [0.25, 0.3) is 5.69 Å². The molecule has 3 aromatic rings. The quantitative estimate of drug-likeness (QED) is 0.290. The highest BCUT2D eigenvalue weighted by Crippen LogP contribution is 2.32. The van der Waals surface area contributed by atoms with Crippen LogP contribution in [-0.2, 0) is 16.0 Å². The van der Waals surface area contributed by atoms with E-state index in [4.69, 9.17) is 24.0 Å². The van der Waals surface area contributed by atoms with Crippen LogP contribution in [0, 0.1) is 6.92 Å². The first-order valence-corrected chi connectivity index (χ1v) is 12.5. The summed E-state index contributed by atoms with van der Waals surface area (Å²) in [6.45, 7) is 7.26. The Morgan fingerprint density at radius 2 is 1.72 bits per heavy atom. The third-order valence-corrected chi connectivity index (χ3v) is 5.83. The summed E-state index contributed by atoms with van der Waals surface area (Å²) in [5.74, 6) is 2.08. The normalized spacial score (nSPS) is 12.2. The second kappa shape index (κ2) is 14.6. The highest BCUT2D eigenvalue weighted by Gasteiger charge is 2.22. The summed E-state index contributed by atoms with van der Waals surface area (Å²) in [5.41, 5.74) is 2.71. The van der Waals surface area contributed by atoms with Gasteiger partial charge in [-0.15, -0.1) is 0 Å². The van der Waals surface area contributed by atoms with Gasteiger partial charge in [0.05, 0.1) is 43.4 Å². The molecule has 1 atom stereocenters. The van der Waals surface area contributed by atoms with Crippen LogP contribution in [0.3, 0.4) is 0 Å². The van der Waals surface area contributed by atoms with Crippen molar-refractivity contribution in [1.82, 2.24) is 14.7 Å². The highest BCUT2D eigenvalue weighted by molar-refractivity contribution is 5.44. The second-order valence-electron chi connectivity index (χ2n) is 8.70. The predicted octanol–water partition coefficient (Wildman–Crippen LogP) is 4.61. The molecule has 3 rings (SSSR count). The van der Waals surface area contributed by atoms with Crippen LogP contribution >= 0.6 is 0 Å². The fourth-order valence-corrected chi connectivity index (χ4v) is 3.82. The van der Waals surface area contributed by atoms with Gasteiger partial charge >= 0.3 is 0 Å². The van der Waals surface area contributed by atoms with Crippen molar-refractivity contribution < 1.29 is 24.1 Å². The van der Waals surface area contributed by atoms with E-state index in [1.54, 1.807) is 14.2 Å². The van der Waals surface area contributed by atoms with Crippen molar-refractivity contribution in [3.63, 3.8) is 0 Å². The number of aliphatic hydroxyl groups excluding tert-OH is 1. The average molecular weight is 498 g/mol. The molecule has 1 heterocycles. The molecule has 1 aromatic heterocycles. The number of unbranched alkanes of at least 4 members (excludes halogenated alkanes) is 1. The van der Waals surface area contributed by atoms with Crippen LogP contribution in [0.15, 0.2) is 54.6 Å². The van der Waals surface area contributed by atoms with Gasteiger partial charge in [0.25, 0.3) is 0 Å². The molecule has 0 saturated heterocycles. The number of ether oxygens (including phenoxy) is 4. The summed E-state index contributed by atoms with van der Waals surface area (Å²) in [6, 6.07) is 17.4. The maximum absolute atomic E-state index is 10.6. The lowest BCUT2D eigenvalue weighted by Gasteiger charge is -2.25. The zero-order valence-corrected chi connectivity index (χ0v) is 21.9. The molecule has 0 aliphatic rings. The molecule has 0 saturated carbocycles. The number of hydrogen-bond acceptors (Lipinski definition) is 7. The Kier molecular flexibility index (Phi) is 11.2. The van der Waals surface area contributed by atoms with Gasteiger partial charge in [0.15, 0.2) is 0 Å². The van der Waals surface area contributed by atoms with E-state index in [1.165, 1.54) is 0 Å². The molecule has 0 bridgehead atoms. The fourth-order valence-electron chi connectivity index (χ4n) is 3.82. The lowest BCUT2D eigenvalue weighted by atomic mass is 10.2. The van der Waals surface area contributed by atoms with Gasteiger partial charge < -0.3 is 24.1 Å². The zero-order chi connectivity index (χ0) is 25.8. The van der Waals surface area contributed by atoms with Crippen LogP contribution in [0.2, 0.25) is 0 Å². The van der Waals surface area contributed by atoms with Gasteiger partial charge in [-0.2, -0.15) is 5.10 Å². The number of aliphatic hydroxyl groups is 1. The van der Waals surface area contributed by atoms with Crippen molar-refractivity contribution in [3.05, 3.63) is 65.9 Å². The molecule has 0 aliphatic heterocycles. The largest absolute Gasteiger partial charge is 0.497 e. The number of aromatic nitrogens is 2. The first-order valence-electron chi connectivity index (χ1n) is 12.5. The van der Waals surface area contributed by atoms with E-state index in [0.29, 0.717) is 51.1 Å². The van der Waals surface area contributed by atoms with Crippen LogP contribution in [-0.4, -0.2) is 73.0 Å². The lowest BCUT2D eigenvalue weighted by Crippen LogP contribution is -2.36. The molecule has 2 aromatic carbocycles. The summed E-state index contributed by atoms with van der Waals surface area (Å²) in [4.78, 5) is 2.15. The van der Waals surface area contributed by atoms with E-state index in [9.17, 15) is 5.11 Å². The predicted molar refractivity (Wildman–Crippen MR) is 140 cm³/mol. The molecule has 8 heteroatoms. The van der Waals surface area contributed by atoms with Crippen LogP contribution in [0.5, 0.6) is 17.4 Å². The molecule has 0 fully saturated rings. The van der Waals surface area contributed by atoms with E-state index in [0.717, 1.165) is 35.5 Å². The number of aryl methyl sites for hydroxylation is 1. The molecule has 0 aliphatic carbocycles. The van der Waals surface area contributed by atoms with Gasteiger partial charge in [-0.25, -0.2) is 4.68 Å². The first-order chi connectivity index (χ1) is 17.5. The molecule has 8 nitrogen and oxygen atoms in total. The van der Waals surface area contributed by atoms with Crippen LogP contribution in [0.4, 0.5) is 0 Å². The summed E-state index contributed by atoms with van der Waals surface area (Å²) in [7, 11) is 3.32. The monoisotopic (exact) mass is 497 g/mol. The molecule has 36 heavy (non-hydrogen) atoms. The van der Waals surface area contributed by atoms with Crippen LogP contribution in [0.1, 0.15) is 31.0 Å². The first kappa shape index (κ1) is 27.7. The maximum atomic E-state index is 10.6. The smallest absolute Gasteiger partial charge is 0.227 e. The van der Waals surface area contributed by atoms with Gasteiger partial charge in [0.2, 0.25) is 5.88 Å². The minimum absolute atomic E-state index is 0.306. The van der Waals surface area contributed by atoms with Crippen molar-refractivity contribution >= 4 is 0 Å². The highest BCUT2D eigenvalue weighted by atomic mass is 16.5. The van der Waals surface area contributed by atoms with E-state index in [2.05, 4.69) is 11.8 Å². The third-order valence-electron chi connectivity index (χ3n) is 5.83. The van der Waals surface area contributed by atoms with E-state index < -0.39 is 6.10 Å². The second-order valence-corrected chi connectivity index (χ2v) is 8.70. The molecule has 0 amide bonds. The minimum atomic E-state index is -0.603.